The quantitative estimate of drug-likeness (QED) is 0.400. The molecule has 0 aliphatic carbocycles. The molecular formula is C7H20NO4PS. The molecule has 0 fully saturated rings. The van der Waals surface area contributed by atoms with Crippen molar-refractivity contribution in [3.63, 3.8) is 0 Å². The summed E-state index contributed by atoms with van der Waals surface area (Å²) in [5.74, 6) is 6.05. The molecule has 5 N–H and O–H groups in total. The first kappa shape index (κ1) is 14.6. The van der Waals surface area contributed by atoms with Crippen LogP contribution in [0.2, 0.25) is 0 Å². The summed E-state index contributed by atoms with van der Waals surface area (Å²) < 4.78 is 0. The first-order valence-corrected chi connectivity index (χ1v) is 8.38. The van der Waals surface area contributed by atoms with Gasteiger partial charge >= 0.3 is 0 Å². The average molecular weight is 245 g/mol. The summed E-state index contributed by atoms with van der Waals surface area (Å²) in [7, 11) is -0.799. The van der Waals surface area contributed by atoms with E-state index in [2.05, 4.69) is 4.84 Å². The van der Waals surface area contributed by atoms with E-state index < -0.39 is 16.8 Å². The fraction of sp³-hybridized carbons (Fsp3) is 1.00. The van der Waals surface area contributed by atoms with E-state index in [-0.39, 0.29) is 6.10 Å². The number of hydrogen-bond donors (Lipinski definition) is 4. The Morgan fingerprint density at radius 3 is 2.21 bits per heavy atom. The van der Waals surface area contributed by atoms with Crippen LogP contribution in [-0.2, 0) is 14.9 Å². The zero-order valence-electron chi connectivity index (χ0n) is 8.59. The topological polar surface area (TPSA) is 95.9 Å². The molecule has 0 aliphatic rings. The summed E-state index contributed by atoms with van der Waals surface area (Å²) in [5.41, 5.74) is 0. The molecule has 0 radical (unpaired) electrons. The van der Waals surface area contributed by atoms with Gasteiger partial charge in [-0.05, 0) is 18.6 Å². The summed E-state index contributed by atoms with van der Waals surface area (Å²) in [6.45, 7) is 0.100. The van der Waals surface area contributed by atoms with Gasteiger partial charge in [0, 0.05) is 5.75 Å². The molecule has 0 amide bonds. The Morgan fingerprint density at radius 1 is 1.36 bits per heavy atom. The fourth-order valence-electron chi connectivity index (χ4n) is 1.01. The van der Waals surface area contributed by atoms with Crippen LogP contribution in [0.25, 0.3) is 0 Å². The van der Waals surface area contributed by atoms with Crippen molar-refractivity contribution >= 4 is 16.8 Å². The van der Waals surface area contributed by atoms with E-state index >= 15 is 0 Å². The number of rotatable bonds is 6. The Balaban J connectivity index is 4.54. The van der Waals surface area contributed by atoms with Crippen molar-refractivity contribution in [2.45, 2.75) is 32.8 Å². The molecule has 0 aromatic heterocycles. The highest BCUT2D eigenvalue weighted by molar-refractivity contribution is 8.27. The molecule has 14 heavy (non-hydrogen) atoms. The van der Waals surface area contributed by atoms with Gasteiger partial charge in [0.1, 0.15) is 0 Å². The first-order valence-electron chi connectivity index (χ1n) is 4.56. The van der Waals surface area contributed by atoms with E-state index in [9.17, 15) is 14.7 Å². The molecule has 2 atom stereocenters. The van der Waals surface area contributed by atoms with E-state index in [0.717, 1.165) is 6.42 Å². The molecule has 0 spiro atoms. The number of hydrogen-bond acceptors (Lipinski definition) is 2. The predicted molar refractivity (Wildman–Crippen MR) is 60.3 cm³/mol. The number of nitrogens with two attached hydrogens (primary N) is 1. The van der Waals surface area contributed by atoms with Crippen LogP contribution >= 0.6 is 6.72 Å². The Morgan fingerprint density at radius 2 is 1.93 bits per heavy atom. The minimum atomic E-state index is -3.73. The minimum absolute atomic E-state index is 0.212. The SMILES string of the molecule is CCCS(CC(CC)ON)=P(O)(O)O. The van der Waals surface area contributed by atoms with Crippen molar-refractivity contribution in [1.29, 1.82) is 0 Å². The van der Waals surface area contributed by atoms with Gasteiger partial charge in [0.05, 0.1) is 6.10 Å². The van der Waals surface area contributed by atoms with Gasteiger partial charge in [0.25, 0.3) is 6.72 Å². The van der Waals surface area contributed by atoms with Crippen LogP contribution in [0, 0.1) is 0 Å². The van der Waals surface area contributed by atoms with Crippen molar-refractivity contribution < 1.29 is 19.5 Å². The van der Waals surface area contributed by atoms with Gasteiger partial charge in [0.2, 0.25) is 0 Å². The van der Waals surface area contributed by atoms with Crippen molar-refractivity contribution in [1.82, 2.24) is 0 Å². The summed E-state index contributed by atoms with van der Waals surface area (Å²) >= 11 is 0. The highest BCUT2D eigenvalue weighted by Crippen LogP contribution is 2.37. The van der Waals surface area contributed by atoms with Gasteiger partial charge in [-0.25, -0.2) is 5.90 Å². The molecule has 0 saturated carbocycles. The minimum Gasteiger partial charge on any atom is -0.329 e. The van der Waals surface area contributed by atoms with E-state index in [0.29, 0.717) is 17.9 Å². The second kappa shape index (κ2) is 6.95. The van der Waals surface area contributed by atoms with Crippen LogP contribution in [0.15, 0.2) is 0 Å². The van der Waals surface area contributed by atoms with Crippen molar-refractivity contribution in [2.24, 2.45) is 5.90 Å². The van der Waals surface area contributed by atoms with Crippen LogP contribution in [0.3, 0.4) is 0 Å². The maximum Gasteiger partial charge on any atom is 0.277 e. The second-order valence-electron chi connectivity index (χ2n) is 3.01. The molecule has 0 aromatic rings. The summed E-state index contributed by atoms with van der Waals surface area (Å²) in [6.07, 6.45) is 1.28. The van der Waals surface area contributed by atoms with Crippen molar-refractivity contribution in [3.8, 4) is 0 Å². The van der Waals surface area contributed by atoms with Gasteiger partial charge in [0.15, 0.2) is 0 Å². The monoisotopic (exact) mass is 245 g/mol. The Labute approximate surface area is 87.0 Å². The van der Waals surface area contributed by atoms with Crippen molar-refractivity contribution in [2.75, 3.05) is 11.5 Å². The standard InChI is InChI=1S/C7H20NO4PS/c1-3-5-14(13(9,10)11)6-7(4-2)12-8/h7,9-11H,3-6,8H2,1-2H3. The second-order valence-corrected chi connectivity index (χ2v) is 8.72. The zero-order valence-corrected chi connectivity index (χ0v) is 10.3. The smallest absolute Gasteiger partial charge is 0.277 e. The Bertz CT molecular complexity index is 205. The maximum atomic E-state index is 9.19. The molecule has 0 aliphatic heterocycles. The Kier molecular flexibility index (Phi) is 7.24. The molecule has 2 unspecified atom stereocenters. The highest BCUT2D eigenvalue weighted by atomic mass is 32.5. The van der Waals surface area contributed by atoms with E-state index in [1.807, 2.05) is 13.8 Å². The van der Waals surface area contributed by atoms with E-state index in [4.69, 9.17) is 5.90 Å². The van der Waals surface area contributed by atoms with E-state index in [1.54, 1.807) is 0 Å². The van der Waals surface area contributed by atoms with Crippen LogP contribution < -0.4 is 5.90 Å². The fourth-order valence-corrected chi connectivity index (χ4v) is 5.22. The molecule has 0 saturated heterocycles. The molecular weight excluding hydrogens is 225 g/mol. The molecule has 0 bridgehead atoms. The van der Waals surface area contributed by atoms with Gasteiger partial charge in [-0.15, -0.1) is 10.1 Å². The van der Waals surface area contributed by atoms with Gasteiger partial charge in [-0.2, -0.15) is 0 Å². The molecule has 7 heteroatoms. The summed E-state index contributed by atoms with van der Waals surface area (Å²) in [5, 5.41) is 0. The lowest BCUT2D eigenvalue weighted by Gasteiger charge is -2.19. The lowest BCUT2D eigenvalue weighted by molar-refractivity contribution is 0.0673. The summed E-state index contributed by atoms with van der Waals surface area (Å²) in [6, 6.07) is 0. The largest absolute Gasteiger partial charge is 0.329 e. The van der Waals surface area contributed by atoms with Gasteiger partial charge in [-0.3, -0.25) is 0 Å². The highest BCUT2D eigenvalue weighted by Gasteiger charge is 2.16. The summed E-state index contributed by atoms with van der Waals surface area (Å²) in [4.78, 5) is 32.2. The molecule has 0 aromatic carbocycles. The van der Waals surface area contributed by atoms with Gasteiger partial charge < -0.3 is 19.5 Å². The van der Waals surface area contributed by atoms with Crippen LogP contribution in [0.5, 0.6) is 0 Å². The van der Waals surface area contributed by atoms with Crippen molar-refractivity contribution in [3.05, 3.63) is 0 Å². The van der Waals surface area contributed by atoms with Gasteiger partial charge in [-0.1, -0.05) is 13.8 Å². The molecule has 88 valence electrons. The predicted octanol–water partition coefficient (Wildman–Crippen LogP) is 0.338. The van der Waals surface area contributed by atoms with E-state index in [1.165, 1.54) is 0 Å². The molecule has 5 nitrogen and oxygen atoms in total. The Hall–Kier alpha value is 0.580. The van der Waals surface area contributed by atoms with Crippen LogP contribution in [0.4, 0.5) is 0 Å². The first-order chi connectivity index (χ1) is 6.45. The normalized spacial score (nSPS) is 16.7. The van der Waals surface area contributed by atoms with Crippen LogP contribution in [0.1, 0.15) is 26.7 Å². The molecule has 0 heterocycles. The lowest BCUT2D eigenvalue weighted by atomic mass is 10.3. The van der Waals surface area contributed by atoms with Crippen LogP contribution in [-0.4, -0.2) is 32.3 Å². The maximum absolute atomic E-state index is 9.19. The molecule has 0 rings (SSSR count). The third-order valence-electron chi connectivity index (χ3n) is 1.81. The zero-order chi connectivity index (χ0) is 11.2. The lowest BCUT2D eigenvalue weighted by Crippen LogP contribution is -2.24. The third-order valence-corrected chi connectivity index (χ3v) is 7.21. The average Bonchev–Trinajstić information content (AvgIpc) is 2.10. The third kappa shape index (κ3) is 5.46.